The Morgan fingerprint density at radius 3 is 2.59 bits per heavy atom. The molecule has 0 saturated carbocycles. The standard InChI is InChI=1S/C20H26BrClN4O2Si/c1-27-15-7-5-14(6-8-15)11-23-17-16(21)19(22)25-20-18(17)24-12-26(20)13-28-9-10-29(2,3)4/h5-8,12H,9-11,13H2,1-4H3,(H,23,25). The van der Waals surface area contributed by atoms with Crippen molar-refractivity contribution in [3.05, 3.63) is 45.8 Å². The first-order chi connectivity index (χ1) is 13.8. The van der Waals surface area contributed by atoms with Crippen LogP contribution in [0.5, 0.6) is 5.75 Å². The van der Waals surface area contributed by atoms with E-state index in [-0.39, 0.29) is 0 Å². The molecule has 0 unspecified atom stereocenters. The van der Waals surface area contributed by atoms with Gasteiger partial charge < -0.3 is 14.8 Å². The summed E-state index contributed by atoms with van der Waals surface area (Å²) in [7, 11) is 0.540. The van der Waals surface area contributed by atoms with Crippen molar-refractivity contribution in [2.45, 2.75) is 39.0 Å². The number of anilines is 1. The lowest BCUT2D eigenvalue weighted by Crippen LogP contribution is -2.22. The van der Waals surface area contributed by atoms with Crippen LogP contribution in [0.1, 0.15) is 5.56 Å². The number of nitrogens with one attached hydrogen (secondary N) is 1. The Balaban J connectivity index is 1.76. The van der Waals surface area contributed by atoms with Gasteiger partial charge in [0.2, 0.25) is 0 Å². The van der Waals surface area contributed by atoms with E-state index in [2.05, 4.69) is 50.9 Å². The van der Waals surface area contributed by atoms with Crippen molar-refractivity contribution in [3.63, 3.8) is 0 Å². The van der Waals surface area contributed by atoms with Gasteiger partial charge in [-0.3, -0.25) is 4.57 Å². The number of nitrogens with zero attached hydrogens (tertiary/aromatic N) is 3. The van der Waals surface area contributed by atoms with E-state index < -0.39 is 8.07 Å². The van der Waals surface area contributed by atoms with Crippen molar-refractivity contribution in [2.24, 2.45) is 0 Å². The van der Waals surface area contributed by atoms with Crippen LogP contribution in [0.25, 0.3) is 11.2 Å². The highest BCUT2D eigenvalue weighted by atomic mass is 79.9. The van der Waals surface area contributed by atoms with Gasteiger partial charge in [0.25, 0.3) is 0 Å². The first-order valence-electron chi connectivity index (χ1n) is 9.43. The molecule has 0 fully saturated rings. The predicted molar refractivity (Wildman–Crippen MR) is 125 cm³/mol. The second kappa shape index (κ2) is 9.47. The van der Waals surface area contributed by atoms with Crippen molar-refractivity contribution in [3.8, 4) is 5.75 Å². The van der Waals surface area contributed by atoms with Gasteiger partial charge >= 0.3 is 0 Å². The molecule has 0 aliphatic heterocycles. The third kappa shape index (κ3) is 5.72. The molecular formula is C20H26BrClN4O2Si. The van der Waals surface area contributed by atoms with E-state index in [4.69, 9.17) is 21.1 Å². The van der Waals surface area contributed by atoms with E-state index in [1.165, 1.54) is 0 Å². The molecule has 0 radical (unpaired) electrons. The van der Waals surface area contributed by atoms with Crippen LogP contribution in [0.15, 0.2) is 35.1 Å². The van der Waals surface area contributed by atoms with E-state index in [1.807, 2.05) is 28.8 Å². The Kier molecular flexibility index (Phi) is 7.21. The molecular weight excluding hydrogens is 472 g/mol. The Morgan fingerprint density at radius 1 is 1.21 bits per heavy atom. The predicted octanol–water partition coefficient (Wildman–Crippen LogP) is 5.78. The summed E-state index contributed by atoms with van der Waals surface area (Å²) in [6.45, 7) is 8.78. The van der Waals surface area contributed by atoms with Crippen LogP contribution in [0.4, 0.5) is 5.69 Å². The second-order valence-electron chi connectivity index (χ2n) is 8.03. The number of rotatable bonds is 9. The fourth-order valence-corrected chi connectivity index (χ4v) is 4.10. The maximum Gasteiger partial charge on any atom is 0.165 e. The van der Waals surface area contributed by atoms with Gasteiger partial charge in [-0.2, -0.15) is 0 Å². The highest BCUT2D eigenvalue weighted by Crippen LogP contribution is 2.35. The minimum absolute atomic E-state index is 0.388. The van der Waals surface area contributed by atoms with Crippen molar-refractivity contribution in [1.82, 2.24) is 14.5 Å². The molecule has 156 valence electrons. The molecule has 0 amide bonds. The molecule has 1 aromatic carbocycles. The highest BCUT2D eigenvalue weighted by Gasteiger charge is 2.17. The van der Waals surface area contributed by atoms with Gasteiger partial charge in [0, 0.05) is 21.2 Å². The maximum absolute atomic E-state index is 6.37. The Hall–Kier alpha value is -1.61. The molecule has 1 N–H and O–H groups in total. The topological polar surface area (TPSA) is 61.2 Å². The van der Waals surface area contributed by atoms with Gasteiger partial charge in [-0.1, -0.05) is 43.4 Å². The van der Waals surface area contributed by atoms with E-state index in [9.17, 15) is 0 Å². The SMILES string of the molecule is COc1ccc(CNc2c(Br)c(Cl)nc3c2ncn3COCC[Si](C)(C)C)cc1. The minimum atomic E-state index is -1.12. The number of methoxy groups -OCH3 is 1. The fraction of sp³-hybridized carbons (Fsp3) is 0.400. The summed E-state index contributed by atoms with van der Waals surface area (Å²) >= 11 is 9.91. The molecule has 0 aliphatic rings. The lowest BCUT2D eigenvalue weighted by atomic mass is 10.2. The van der Waals surface area contributed by atoms with Crippen LogP contribution in [0, 0.1) is 0 Å². The third-order valence-corrected chi connectivity index (χ3v) is 7.48. The Labute approximate surface area is 185 Å². The van der Waals surface area contributed by atoms with Gasteiger partial charge in [0.15, 0.2) is 5.65 Å². The summed E-state index contributed by atoms with van der Waals surface area (Å²) in [4.78, 5) is 9.04. The van der Waals surface area contributed by atoms with Crippen LogP contribution >= 0.6 is 27.5 Å². The zero-order valence-electron chi connectivity index (χ0n) is 17.1. The normalized spacial score (nSPS) is 11.8. The monoisotopic (exact) mass is 496 g/mol. The van der Waals surface area contributed by atoms with Crippen LogP contribution in [0.2, 0.25) is 30.8 Å². The highest BCUT2D eigenvalue weighted by molar-refractivity contribution is 9.10. The number of hydrogen-bond acceptors (Lipinski definition) is 5. The molecule has 6 nitrogen and oxygen atoms in total. The lowest BCUT2D eigenvalue weighted by molar-refractivity contribution is 0.0895. The van der Waals surface area contributed by atoms with Crippen molar-refractivity contribution in [2.75, 3.05) is 19.0 Å². The molecule has 0 aliphatic carbocycles. The van der Waals surface area contributed by atoms with Gasteiger partial charge in [-0.05, 0) is 39.7 Å². The first kappa shape index (κ1) is 22.1. The summed E-state index contributed by atoms with van der Waals surface area (Å²) in [6.07, 6.45) is 1.74. The lowest BCUT2D eigenvalue weighted by Gasteiger charge is -2.15. The first-order valence-corrected chi connectivity index (χ1v) is 14.3. The van der Waals surface area contributed by atoms with Crippen molar-refractivity contribution < 1.29 is 9.47 Å². The third-order valence-electron chi connectivity index (χ3n) is 4.51. The molecule has 0 bridgehead atoms. The van der Waals surface area contributed by atoms with E-state index in [0.717, 1.165) is 35.2 Å². The summed E-state index contributed by atoms with van der Waals surface area (Å²) in [6, 6.07) is 9.03. The summed E-state index contributed by atoms with van der Waals surface area (Å²) < 4.78 is 13.6. The number of aromatic nitrogens is 3. The smallest absolute Gasteiger partial charge is 0.165 e. The molecule has 0 saturated heterocycles. The number of pyridine rings is 1. The van der Waals surface area contributed by atoms with Crippen molar-refractivity contribution in [1.29, 1.82) is 0 Å². The van der Waals surface area contributed by atoms with E-state index in [0.29, 0.717) is 28.5 Å². The van der Waals surface area contributed by atoms with Gasteiger partial charge in [-0.25, -0.2) is 9.97 Å². The second-order valence-corrected chi connectivity index (χ2v) is 14.8. The van der Waals surface area contributed by atoms with Crippen molar-refractivity contribution >= 4 is 52.5 Å². The number of benzene rings is 1. The molecule has 0 atom stereocenters. The molecule has 0 spiro atoms. The van der Waals surface area contributed by atoms with E-state index in [1.54, 1.807) is 13.4 Å². The molecule has 9 heteroatoms. The average Bonchev–Trinajstić information content (AvgIpc) is 3.07. The largest absolute Gasteiger partial charge is 0.497 e. The summed E-state index contributed by atoms with van der Waals surface area (Å²) in [5.74, 6) is 0.831. The number of halogens is 2. The Bertz CT molecular complexity index is 973. The van der Waals surface area contributed by atoms with Gasteiger partial charge in [0.05, 0.1) is 23.6 Å². The molecule has 2 aromatic heterocycles. The molecule has 3 aromatic rings. The van der Waals surface area contributed by atoms with Crippen LogP contribution in [-0.2, 0) is 18.0 Å². The number of hydrogen-bond donors (Lipinski definition) is 1. The number of ether oxygens (including phenoxy) is 2. The average molecular weight is 498 g/mol. The molecule has 29 heavy (non-hydrogen) atoms. The van der Waals surface area contributed by atoms with Crippen LogP contribution in [-0.4, -0.2) is 36.3 Å². The number of imidazole rings is 1. The fourth-order valence-electron chi connectivity index (χ4n) is 2.75. The Morgan fingerprint density at radius 2 is 1.93 bits per heavy atom. The van der Waals surface area contributed by atoms with E-state index >= 15 is 0 Å². The quantitative estimate of drug-likeness (QED) is 0.231. The van der Waals surface area contributed by atoms with Gasteiger partial charge in [-0.15, -0.1) is 0 Å². The minimum Gasteiger partial charge on any atom is -0.497 e. The molecule has 2 heterocycles. The summed E-state index contributed by atoms with van der Waals surface area (Å²) in [5.41, 5.74) is 3.39. The zero-order valence-corrected chi connectivity index (χ0v) is 20.5. The summed E-state index contributed by atoms with van der Waals surface area (Å²) in [5, 5.41) is 3.82. The molecule has 3 rings (SSSR count). The van der Waals surface area contributed by atoms with Crippen LogP contribution in [0.3, 0.4) is 0 Å². The maximum atomic E-state index is 6.37. The van der Waals surface area contributed by atoms with Crippen LogP contribution < -0.4 is 10.1 Å². The van der Waals surface area contributed by atoms with Gasteiger partial charge in [0.1, 0.15) is 23.2 Å². The number of fused-ring (bicyclic) bond motifs is 1. The zero-order chi connectivity index (χ0) is 21.0.